The van der Waals surface area contributed by atoms with E-state index in [0.717, 1.165) is 5.75 Å². The number of carbonyl (C=O) groups is 4. The average molecular weight is 509 g/mol. The van der Waals surface area contributed by atoms with Crippen LogP contribution < -0.4 is 16.0 Å². The molecule has 0 aliphatic rings. The van der Waals surface area contributed by atoms with Gasteiger partial charge in [-0.15, -0.1) is 11.8 Å². The summed E-state index contributed by atoms with van der Waals surface area (Å²) in [5.41, 5.74) is 0. The maximum absolute atomic E-state index is 12.7. The van der Waals surface area contributed by atoms with Gasteiger partial charge in [0.2, 0.25) is 23.6 Å². The number of rotatable bonds is 20. The monoisotopic (exact) mass is 508 g/mol. The molecule has 0 atom stereocenters. The number of carbonyl (C=O) groups excluding carboxylic acids is 4. The number of thioether (sulfide) groups is 2. The van der Waals surface area contributed by atoms with Crippen LogP contribution in [0, 0.1) is 0 Å². The smallest absolute Gasteiger partial charge is 0.230 e. The van der Waals surface area contributed by atoms with Crippen LogP contribution in [-0.2, 0) is 23.9 Å². The first-order valence-corrected chi connectivity index (χ1v) is 13.5. The van der Waals surface area contributed by atoms with Crippen molar-refractivity contribution >= 4 is 47.2 Å². The van der Waals surface area contributed by atoms with Crippen LogP contribution in [0.3, 0.4) is 0 Å². The van der Waals surface area contributed by atoms with Crippen molar-refractivity contribution in [2.24, 2.45) is 0 Å². The van der Waals surface area contributed by atoms with Gasteiger partial charge in [-0.05, 0) is 11.0 Å². The highest BCUT2D eigenvalue weighted by Gasteiger charge is 2.16. The van der Waals surface area contributed by atoms with Gasteiger partial charge in [0.05, 0.1) is 31.3 Å². The van der Waals surface area contributed by atoms with E-state index in [2.05, 4.69) is 16.0 Å². The average Bonchev–Trinajstić information content (AvgIpc) is 2.78. The molecule has 0 aliphatic heterocycles. The Hall–Kier alpha value is -1.50. The number of hydrogen-bond acceptors (Lipinski definition) is 8. The Labute approximate surface area is 205 Å². The minimum absolute atomic E-state index is 0.0279. The number of aliphatic hydroxyl groups is 1. The van der Waals surface area contributed by atoms with E-state index in [-0.39, 0.29) is 56.3 Å². The highest BCUT2D eigenvalue weighted by atomic mass is 32.2. The van der Waals surface area contributed by atoms with E-state index in [1.807, 2.05) is 20.8 Å². The summed E-state index contributed by atoms with van der Waals surface area (Å²) in [6, 6.07) is 0. The maximum Gasteiger partial charge on any atom is 0.230 e. The van der Waals surface area contributed by atoms with Gasteiger partial charge in [0.1, 0.15) is 0 Å². The summed E-state index contributed by atoms with van der Waals surface area (Å²) in [7, 11) is 0. The van der Waals surface area contributed by atoms with E-state index in [0.29, 0.717) is 49.5 Å². The van der Waals surface area contributed by atoms with Crippen LogP contribution in [0.15, 0.2) is 0 Å². The maximum atomic E-state index is 12.7. The summed E-state index contributed by atoms with van der Waals surface area (Å²) in [4.78, 5) is 49.9. The van der Waals surface area contributed by atoms with Crippen LogP contribution in [0.4, 0.5) is 0 Å². The van der Waals surface area contributed by atoms with E-state index in [1.165, 1.54) is 11.8 Å². The zero-order valence-corrected chi connectivity index (χ0v) is 21.7. The topological polar surface area (TPSA) is 137 Å². The molecule has 0 heterocycles. The standard InChI is InChI=1S/C21H40N4O6S2/c1-4-32-15-19(28)22-7-10-25(11-8-23-20(29)16-33-17(2)3)21(30)6-5-18(27)24-9-13-31-14-12-26/h17,26H,4-16H2,1-3H3,(H,22,28)(H,23,29)(H,24,27). The van der Waals surface area contributed by atoms with E-state index in [4.69, 9.17) is 9.84 Å². The first kappa shape index (κ1) is 31.5. The Bertz CT molecular complexity index is 581. The Morgan fingerprint density at radius 2 is 1.48 bits per heavy atom. The second kappa shape index (κ2) is 21.1. The third-order valence-electron chi connectivity index (χ3n) is 4.12. The molecule has 0 saturated carbocycles. The number of hydrogen-bond donors (Lipinski definition) is 4. The van der Waals surface area contributed by atoms with Crippen molar-refractivity contribution < 1.29 is 29.0 Å². The van der Waals surface area contributed by atoms with Crippen LogP contribution in [0.2, 0.25) is 0 Å². The molecule has 10 nitrogen and oxygen atoms in total. The van der Waals surface area contributed by atoms with E-state index in [9.17, 15) is 19.2 Å². The van der Waals surface area contributed by atoms with Gasteiger partial charge in [-0.3, -0.25) is 19.2 Å². The fourth-order valence-electron chi connectivity index (χ4n) is 2.46. The summed E-state index contributed by atoms with van der Waals surface area (Å²) in [5, 5.41) is 17.3. The van der Waals surface area contributed by atoms with Crippen LogP contribution in [0.25, 0.3) is 0 Å². The molecule has 0 aromatic rings. The molecule has 4 N–H and O–H groups in total. The van der Waals surface area contributed by atoms with Crippen LogP contribution >= 0.6 is 23.5 Å². The molecule has 0 unspecified atom stereocenters. The molecule has 0 radical (unpaired) electrons. The van der Waals surface area contributed by atoms with Crippen molar-refractivity contribution in [3.05, 3.63) is 0 Å². The van der Waals surface area contributed by atoms with Crippen molar-refractivity contribution in [2.45, 2.75) is 38.9 Å². The molecule has 0 aliphatic carbocycles. The lowest BCUT2D eigenvalue weighted by Crippen LogP contribution is -2.43. The normalized spacial score (nSPS) is 10.7. The highest BCUT2D eigenvalue weighted by molar-refractivity contribution is 8.00. The van der Waals surface area contributed by atoms with Crippen molar-refractivity contribution in [3.63, 3.8) is 0 Å². The largest absolute Gasteiger partial charge is 0.394 e. The molecule has 4 amide bonds. The van der Waals surface area contributed by atoms with Crippen molar-refractivity contribution in [1.82, 2.24) is 20.9 Å². The summed E-state index contributed by atoms with van der Waals surface area (Å²) in [5.74, 6) is 0.923. The lowest BCUT2D eigenvalue weighted by molar-refractivity contribution is -0.134. The second-order valence-electron chi connectivity index (χ2n) is 7.26. The molecule has 0 aromatic heterocycles. The minimum atomic E-state index is -0.264. The van der Waals surface area contributed by atoms with Gasteiger partial charge >= 0.3 is 0 Å². The number of nitrogens with zero attached hydrogens (tertiary/aromatic N) is 1. The fourth-order valence-corrected chi connectivity index (χ4v) is 3.54. The molecular weight excluding hydrogens is 468 g/mol. The lowest BCUT2D eigenvalue weighted by atomic mass is 10.2. The molecule has 0 aromatic carbocycles. The van der Waals surface area contributed by atoms with Gasteiger partial charge in [0.15, 0.2) is 0 Å². The Kier molecular flexibility index (Phi) is 20.1. The molecular formula is C21H40N4O6S2. The number of aliphatic hydroxyl groups excluding tert-OH is 1. The quantitative estimate of drug-likeness (QED) is 0.167. The molecule has 0 spiro atoms. The fraction of sp³-hybridized carbons (Fsp3) is 0.810. The zero-order chi connectivity index (χ0) is 24.9. The molecule has 33 heavy (non-hydrogen) atoms. The number of nitrogens with one attached hydrogen (secondary N) is 3. The Balaban J connectivity index is 4.49. The number of amides is 4. The molecule has 0 fully saturated rings. The summed E-state index contributed by atoms with van der Waals surface area (Å²) >= 11 is 3.06. The van der Waals surface area contributed by atoms with Crippen LogP contribution in [0.5, 0.6) is 0 Å². The highest BCUT2D eigenvalue weighted by Crippen LogP contribution is 2.07. The van der Waals surface area contributed by atoms with Gasteiger partial charge in [0, 0.05) is 45.6 Å². The molecule has 0 rings (SSSR count). The summed E-state index contributed by atoms with van der Waals surface area (Å²) in [6.45, 7) is 7.95. The lowest BCUT2D eigenvalue weighted by Gasteiger charge is -2.23. The van der Waals surface area contributed by atoms with Crippen molar-refractivity contribution in [1.29, 1.82) is 0 Å². The SMILES string of the molecule is CCSCC(=O)NCCN(CCNC(=O)CSC(C)C)C(=O)CCC(=O)NCCOCCO. The van der Waals surface area contributed by atoms with E-state index < -0.39 is 0 Å². The Morgan fingerprint density at radius 1 is 0.879 bits per heavy atom. The van der Waals surface area contributed by atoms with Gasteiger partial charge in [-0.2, -0.15) is 11.8 Å². The number of ether oxygens (including phenoxy) is 1. The second-order valence-corrected chi connectivity index (χ2v) is 10.1. The predicted octanol–water partition coefficient (Wildman–Crippen LogP) is -0.153. The van der Waals surface area contributed by atoms with E-state index in [1.54, 1.807) is 16.7 Å². The summed E-state index contributed by atoms with van der Waals surface area (Å²) < 4.78 is 5.07. The zero-order valence-electron chi connectivity index (χ0n) is 20.0. The molecule has 12 heteroatoms. The first-order chi connectivity index (χ1) is 15.8. The molecule has 0 bridgehead atoms. The van der Waals surface area contributed by atoms with Crippen molar-refractivity contribution in [2.75, 3.05) is 69.8 Å². The van der Waals surface area contributed by atoms with Gasteiger partial charge in [-0.1, -0.05) is 20.8 Å². The van der Waals surface area contributed by atoms with Crippen LogP contribution in [-0.4, -0.2) is 109 Å². The van der Waals surface area contributed by atoms with E-state index >= 15 is 0 Å². The first-order valence-electron chi connectivity index (χ1n) is 11.3. The minimum Gasteiger partial charge on any atom is -0.394 e. The predicted molar refractivity (Wildman–Crippen MR) is 133 cm³/mol. The van der Waals surface area contributed by atoms with Crippen LogP contribution in [0.1, 0.15) is 33.6 Å². The third-order valence-corrected chi connectivity index (χ3v) is 6.09. The van der Waals surface area contributed by atoms with Gasteiger partial charge in [0.25, 0.3) is 0 Å². The van der Waals surface area contributed by atoms with Gasteiger partial charge in [-0.25, -0.2) is 0 Å². The molecule has 192 valence electrons. The van der Waals surface area contributed by atoms with Crippen molar-refractivity contribution in [3.8, 4) is 0 Å². The summed E-state index contributed by atoms with van der Waals surface area (Å²) in [6.07, 6.45) is 0.0618. The van der Waals surface area contributed by atoms with Gasteiger partial charge < -0.3 is 30.7 Å². The third kappa shape index (κ3) is 19.7. The molecule has 0 saturated heterocycles. The Morgan fingerprint density at radius 3 is 2.06 bits per heavy atom.